The molecule has 0 fully saturated rings. The lowest BCUT2D eigenvalue weighted by atomic mass is 10.9. The Morgan fingerprint density at radius 3 is 2.67 bits per heavy atom. The number of alkyl halides is 1. The maximum atomic E-state index is 9.54. The Kier molecular flexibility index (Phi) is 5.94. The first-order valence-corrected chi connectivity index (χ1v) is 4.45. The molecule has 0 atom stereocenters. The minimum atomic E-state index is -0.181. The summed E-state index contributed by atoms with van der Waals surface area (Å²) in [6.07, 6.45) is 0.939. The van der Waals surface area contributed by atoms with Gasteiger partial charge in [-0.1, -0.05) is 0 Å². The molecule has 1 nitrogen and oxygen atoms in total. The molecule has 0 radical (unpaired) electrons. The normalized spacial score (nSPS) is 7.50. The van der Waals surface area contributed by atoms with Crippen molar-refractivity contribution in [3.8, 4) is 0 Å². The second-order valence-corrected chi connectivity index (χ2v) is 3.79. The Morgan fingerprint density at radius 1 is 1.83 bits per heavy atom. The van der Waals surface area contributed by atoms with Gasteiger partial charge < -0.3 is 4.79 Å². The molecule has 0 aromatic heterocycles. The van der Waals surface area contributed by atoms with E-state index >= 15 is 0 Å². The summed E-state index contributed by atoms with van der Waals surface area (Å²) < 4.78 is 0.735. The van der Waals surface area contributed by atoms with Crippen LogP contribution < -0.4 is 0 Å². The minimum absolute atomic E-state index is 0.181. The van der Waals surface area contributed by atoms with Crippen LogP contribution in [0.3, 0.4) is 0 Å². The van der Waals surface area contributed by atoms with Gasteiger partial charge in [-0.3, -0.25) is 0 Å². The van der Waals surface area contributed by atoms with Gasteiger partial charge in [0.05, 0.1) is 0 Å². The van der Waals surface area contributed by atoms with Crippen molar-refractivity contribution in [3.63, 3.8) is 0 Å². The highest BCUT2D eigenvalue weighted by Crippen LogP contribution is 1.73. The standard InChI is InChI=1S/C2H3O.CH2Cl.Al.H/c1-2-3;1-2;;/h2H,1H2;1H2;;. The van der Waals surface area contributed by atoms with Crippen molar-refractivity contribution < 1.29 is 4.79 Å². The highest BCUT2D eigenvalue weighted by molar-refractivity contribution is 6.52. The Hall–Kier alpha value is 0.492. The molecule has 0 aromatic carbocycles. The van der Waals surface area contributed by atoms with E-state index in [1.54, 1.807) is 0 Å². The van der Waals surface area contributed by atoms with Crippen molar-refractivity contribution in [1.82, 2.24) is 0 Å². The smallest absolute Gasteiger partial charge is 0.269 e. The third kappa shape index (κ3) is 4.49. The lowest BCUT2D eigenvalue weighted by Crippen LogP contribution is -1.89. The molecule has 0 unspecified atom stereocenters. The van der Waals surface area contributed by atoms with E-state index < -0.39 is 0 Å². The molecule has 0 amide bonds. The van der Waals surface area contributed by atoms with Crippen LogP contribution in [-0.2, 0) is 4.79 Å². The average Bonchev–Trinajstić information content (AvgIpc) is 1.61. The number of hydrogen-bond donors (Lipinski definition) is 0. The van der Waals surface area contributed by atoms with Crippen molar-refractivity contribution in [2.24, 2.45) is 0 Å². The van der Waals surface area contributed by atoms with Gasteiger partial charge >= 0.3 is 0 Å². The molecule has 0 saturated carbocycles. The van der Waals surface area contributed by atoms with E-state index in [0.717, 1.165) is 16.3 Å². The predicted octanol–water partition coefficient (Wildman–Crippen LogP) is 0.236. The second kappa shape index (κ2) is 5.49. The van der Waals surface area contributed by atoms with Crippen LogP contribution in [0.5, 0.6) is 0 Å². The van der Waals surface area contributed by atoms with Crippen molar-refractivity contribution in [2.75, 3.05) is 4.74 Å². The quantitative estimate of drug-likeness (QED) is 0.226. The predicted molar refractivity (Wildman–Crippen MR) is 28.7 cm³/mol. The van der Waals surface area contributed by atoms with Crippen molar-refractivity contribution in [2.45, 2.75) is 5.28 Å². The summed E-state index contributed by atoms with van der Waals surface area (Å²) in [4.78, 5) is 9.54. The zero-order chi connectivity index (χ0) is 4.83. The molecule has 3 heteroatoms. The van der Waals surface area contributed by atoms with Crippen LogP contribution in [0.25, 0.3) is 0 Å². The fourth-order valence-electron chi connectivity index (χ4n) is 0.160. The molecule has 6 heavy (non-hydrogen) atoms. The Morgan fingerprint density at radius 2 is 2.50 bits per heavy atom. The van der Waals surface area contributed by atoms with Gasteiger partial charge in [0.1, 0.15) is 6.29 Å². The Bertz CT molecular complexity index is 39.8. The van der Waals surface area contributed by atoms with Crippen molar-refractivity contribution in [1.29, 1.82) is 0 Å². The number of carbonyl (C=O) groups is 1. The number of halogens is 1. The molecule has 0 aromatic rings. The van der Waals surface area contributed by atoms with Gasteiger partial charge in [0.15, 0.2) is 0 Å². The summed E-state index contributed by atoms with van der Waals surface area (Å²) in [5.41, 5.74) is 0. The summed E-state index contributed by atoms with van der Waals surface area (Å²) >= 11 is 5.10. The Labute approximate surface area is 48.4 Å². The summed E-state index contributed by atoms with van der Waals surface area (Å²) in [6.45, 7) is 0. The van der Waals surface area contributed by atoms with E-state index in [4.69, 9.17) is 11.6 Å². The molecule has 0 bridgehead atoms. The van der Waals surface area contributed by atoms with E-state index in [9.17, 15) is 4.79 Å². The van der Waals surface area contributed by atoms with Gasteiger partial charge in [0, 0.05) is 0 Å². The number of rotatable bonds is 3. The topological polar surface area (TPSA) is 17.1 Å². The zero-order valence-corrected chi connectivity index (χ0v) is 5.66. The molecule has 0 aliphatic carbocycles. The van der Waals surface area contributed by atoms with Gasteiger partial charge in [-0.15, -0.1) is 11.6 Å². The first-order valence-electron chi connectivity index (χ1n) is 1.91. The summed E-state index contributed by atoms with van der Waals surface area (Å²) in [5.74, 6) is 0. The number of hydrogen-bond acceptors (Lipinski definition) is 1. The average molecular weight is 121 g/mol. The lowest BCUT2D eigenvalue weighted by Gasteiger charge is -1.71. The third-order valence-electron chi connectivity index (χ3n) is 0.456. The van der Waals surface area contributed by atoms with Crippen molar-refractivity contribution in [3.05, 3.63) is 0 Å². The van der Waals surface area contributed by atoms with Crippen LogP contribution in [0.15, 0.2) is 0 Å². The van der Waals surface area contributed by atoms with Crippen molar-refractivity contribution >= 4 is 33.1 Å². The van der Waals surface area contributed by atoms with E-state index in [1.807, 2.05) is 0 Å². The van der Waals surface area contributed by atoms with Gasteiger partial charge in [-0.25, -0.2) is 0 Å². The number of aldehydes is 1. The fraction of sp³-hybridized carbons (Fsp3) is 0.667. The highest BCUT2D eigenvalue weighted by Gasteiger charge is 1.84. The van der Waals surface area contributed by atoms with Crippen LogP contribution in [-0.4, -0.2) is 26.2 Å². The molecule has 0 aliphatic heterocycles. The van der Waals surface area contributed by atoms with E-state index in [1.165, 1.54) is 0 Å². The van der Waals surface area contributed by atoms with Crippen LogP contribution in [0.4, 0.5) is 0 Å². The fourth-order valence-corrected chi connectivity index (χ4v) is 0.944. The van der Waals surface area contributed by atoms with E-state index in [0.29, 0.717) is 0 Å². The molecular weight excluding hydrogens is 114 g/mol. The lowest BCUT2D eigenvalue weighted by molar-refractivity contribution is -0.106. The van der Waals surface area contributed by atoms with E-state index in [2.05, 4.69) is 0 Å². The maximum Gasteiger partial charge on any atom is 0.269 e. The maximum absolute atomic E-state index is 9.54. The molecule has 34 valence electrons. The van der Waals surface area contributed by atoms with E-state index in [-0.39, 0.29) is 15.2 Å². The minimum Gasteiger partial charge on any atom is -0.305 e. The highest BCUT2D eigenvalue weighted by atomic mass is 35.5. The molecular formula is C3H6AlClO. The molecule has 0 spiro atoms. The third-order valence-corrected chi connectivity index (χ3v) is 2.17. The molecule has 0 rings (SSSR count). The SMILES string of the molecule is O=C[CH2][AlH][CH2]Cl. The zero-order valence-electron chi connectivity index (χ0n) is 3.48. The monoisotopic (exact) mass is 120 g/mol. The largest absolute Gasteiger partial charge is 0.305 e. The van der Waals surface area contributed by atoms with Crippen LogP contribution in [0, 0.1) is 0 Å². The van der Waals surface area contributed by atoms with Gasteiger partial charge in [0.25, 0.3) is 15.2 Å². The first kappa shape index (κ1) is 6.49. The van der Waals surface area contributed by atoms with Gasteiger partial charge in [0.2, 0.25) is 0 Å². The summed E-state index contributed by atoms with van der Waals surface area (Å²) in [5, 5.41) is 0.740. The summed E-state index contributed by atoms with van der Waals surface area (Å²) in [7, 11) is 0. The summed E-state index contributed by atoms with van der Waals surface area (Å²) in [6, 6.07) is 0. The second-order valence-electron chi connectivity index (χ2n) is 0.998. The molecule has 0 aliphatic rings. The molecule has 0 N–H and O–H groups in total. The Balaban J connectivity index is 2.49. The van der Waals surface area contributed by atoms with Gasteiger partial charge in [-0.05, 0) is 10.0 Å². The van der Waals surface area contributed by atoms with Crippen LogP contribution >= 0.6 is 11.6 Å². The van der Waals surface area contributed by atoms with Crippen LogP contribution in [0.2, 0.25) is 5.28 Å². The van der Waals surface area contributed by atoms with Crippen LogP contribution in [0.1, 0.15) is 0 Å². The molecule has 0 saturated heterocycles. The first-order chi connectivity index (χ1) is 2.91. The van der Waals surface area contributed by atoms with Gasteiger partial charge in [-0.2, -0.15) is 0 Å². The number of carbonyl (C=O) groups excluding carboxylic acids is 1. The molecule has 0 heterocycles.